The van der Waals surface area contributed by atoms with E-state index < -0.39 is 17.9 Å². The summed E-state index contributed by atoms with van der Waals surface area (Å²) in [6, 6.07) is 18.5. The molecule has 1 aliphatic heterocycles. The van der Waals surface area contributed by atoms with Gasteiger partial charge in [-0.3, -0.25) is 19.4 Å². The van der Waals surface area contributed by atoms with Crippen molar-refractivity contribution in [2.45, 2.75) is 25.4 Å². The largest absolute Gasteiger partial charge is 0.451 e. The first kappa shape index (κ1) is 28.4. The Morgan fingerprint density at radius 3 is 2.54 bits per heavy atom. The van der Waals surface area contributed by atoms with Gasteiger partial charge in [-0.05, 0) is 67.6 Å². The van der Waals surface area contributed by atoms with Crippen LogP contribution in [0, 0.1) is 0 Å². The summed E-state index contributed by atoms with van der Waals surface area (Å²) in [5.41, 5.74) is 2.16. The summed E-state index contributed by atoms with van der Waals surface area (Å²) < 4.78 is 5.66. The van der Waals surface area contributed by atoms with Crippen molar-refractivity contribution >= 4 is 57.6 Å². The number of pyridine rings is 1. The Morgan fingerprint density at radius 1 is 1.02 bits per heavy atom. The average molecular weight is 594 g/mol. The molecule has 9 nitrogen and oxygen atoms in total. The lowest BCUT2D eigenvalue weighted by molar-refractivity contribution is -0.135. The van der Waals surface area contributed by atoms with Gasteiger partial charge >= 0.3 is 0 Å². The number of fused-ring (bicyclic) bond motifs is 1. The molecule has 2 aromatic carbocycles. The van der Waals surface area contributed by atoms with E-state index in [1.165, 1.54) is 0 Å². The van der Waals surface area contributed by atoms with Gasteiger partial charge in [0.15, 0.2) is 5.76 Å². The predicted octanol–water partition coefficient (Wildman–Crippen LogP) is 4.33. The third-order valence-electron chi connectivity index (χ3n) is 7.02. The van der Waals surface area contributed by atoms with Crippen molar-refractivity contribution in [3.05, 3.63) is 94.4 Å². The predicted molar refractivity (Wildman–Crippen MR) is 158 cm³/mol. The van der Waals surface area contributed by atoms with Gasteiger partial charge in [0.1, 0.15) is 11.6 Å². The summed E-state index contributed by atoms with van der Waals surface area (Å²) in [7, 11) is 0. The highest BCUT2D eigenvalue weighted by atomic mass is 35.5. The highest BCUT2D eigenvalue weighted by Gasteiger charge is 2.29. The molecule has 0 saturated carbocycles. The quantitative estimate of drug-likeness (QED) is 0.315. The van der Waals surface area contributed by atoms with Crippen molar-refractivity contribution < 1.29 is 18.8 Å². The van der Waals surface area contributed by atoms with Crippen molar-refractivity contribution in [1.29, 1.82) is 0 Å². The number of nitrogens with one attached hydrogen (secondary N) is 2. The molecule has 3 amide bonds. The van der Waals surface area contributed by atoms with E-state index >= 15 is 0 Å². The summed E-state index contributed by atoms with van der Waals surface area (Å²) in [6.45, 7) is 3.62. The number of carbonyl (C=O) groups is 3. The average Bonchev–Trinajstić information content (AvgIpc) is 3.40. The molecule has 3 heterocycles. The van der Waals surface area contributed by atoms with Gasteiger partial charge in [-0.2, -0.15) is 0 Å². The van der Waals surface area contributed by atoms with E-state index in [0.717, 1.165) is 5.69 Å². The summed E-state index contributed by atoms with van der Waals surface area (Å²) in [6.07, 6.45) is 1.75. The number of halogens is 2. The lowest BCUT2D eigenvalue weighted by atomic mass is 10.1. The molecule has 2 aromatic heterocycles. The van der Waals surface area contributed by atoms with Gasteiger partial charge in [-0.1, -0.05) is 29.3 Å². The molecular formula is C30H29Cl2N5O4. The van der Waals surface area contributed by atoms with Crippen molar-refractivity contribution in [2.24, 2.45) is 0 Å². The van der Waals surface area contributed by atoms with Crippen LogP contribution in [0.1, 0.15) is 23.2 Å². The van der Waals surface area contributed by atoms with Crippen LogP contribution >= 0.6 is 23.2 Å². The molecule has 0 unspecified atom stereocenters. The zero-order valence-electron chi connectivity index (χ0n) is 22.3. The number of anilines is 1. The number of aromatic nitrogens is 1. The van der Waals surface area contributed by atoms with Gasteiger partial charge in [-0.15, -0.1) is 0 Å². The molecule has 0 aliphatic carbocycles. The van der Waals surface area contributed by atoms with E-state index in [0.29, 0.717) is 46.3 Å². The Bertz CT molecular complexity index is 1540. The van der Waals surface area contributed by atoms with E-state index in [9.17, 15) is 14.4 Å². The molecule has 0 bridgehead atoms. The minimum atomic E-state index is -0.985. The fraction of sp³-hybridized carbons (Fsp3) is 0.267. The number of hydrogen-bond acceptors (Lipinski definition) is 6. The zero-order valence-corrected chi connectivity index (χ0v) is 23.9. The smallest absolute Gasteiger partial charge is 0.287 e. The molecule has 11 heteroatoms. The first-order chi connectivity index (χ1) is 19.8. The molecule has 41 heavy (non-hydrogen) atoms. The maximum absolute atomic E-state index is 13.3. The van der Waals surface area contributed by atoms with Gasteiger partial charge in [0.2, 0.25) is 11.8 Å². The number of benzene rings is 2. The molecule has 212 valence electrons. The zero-order chi connectivity index (χ0) is 28.9. The minimum absolute atomic E-state index is 0.0459. The van der Waals surface area contributed by atoms with Crippen LogP contribution in [0.25, 0.3) is 11.0 Å². The van der Waals surface area contributed by atoms with E-state index in [4.69, 9.17) is 27.6 Å². The first-order valence-corrected chi connectivity index (χ1v) is 14.0. The lowest BCUT2D eigenvalue weighted by Gasteiger charge is -2.41. The number of rotatable bonds is 8. The van der Waals surface area contributed by atoms with Crippen LogP contribution in [0.2, 0.25) is 10.0 Å². The lowest BCUT2D eigenvalue weighted by Crippen LogP contribution is -2.57. The van der Waals surface area contributed by atoms with Gasteiger partial charge in [-0.25, -0.2) is 0 Å². The topological polar surface area (TPSA) is 108 Å². The number of furan rings is 1. The fourth-order valence-electron chi connectivity index (χ4n) is 4.89. The summed E-state index contributed by atoms with van der Waals surface area (Å²) in [5, 5.41) is 7.31. The maximum Gasteiger partial charge on any atom is 0.287 e. The van der Waals surface area contributed by atoms with E-state index in [2.05, 4.69) is 20.5 Å². The van der Waals surface area contributed by atoms with Crippen LogP contribution in [0.3, 0.4) is 0 Å². The normalized spacial score (nSPS) is 15.9. The Kier molecular flexibility index (Phi) is 8.75. The summed E-state index contributed by atoms with van der Waals surface area (Å²) in [4.78, 5) is 47.7. The third kappa shape index (κ3) is 6.99. The van der Waals surface area contributed by atoms with Gasteiger partial charge in [0.25, 0.3) is 5.91 Å². The molecule has 1 fully saturated rings. The van der Waals surface area contributed by atoms with Gasteiger partial charge in [0.05, 0.1) is 6.54 Å². The number of hydrogen-bond donors (Lipinski definition) is 2. The molecule has 0 spiro atoms. The fourth-order valence-corrected chi connectivity index (χ4v) is 5.20. The molecule has 2 N–H and O–H groups in total. The molecule has 2 atom stereocenters. The van der Waals surface area contributed by atoms with Gasteiger partial charge in [0, 0.05) is 65.1 Å². The standard InChI is InChI=1S/C30H29Cl2N5O4/c1-19-18-36(24-8-5-21(31)6-9-24)12-13-37(19)28(38)17-34-29(39)25(16-23-4-2-3-11-33-23)35-30(40)27-15-20-14-22(32)7-10-26(20)41-27/h2-11,14-15,19,25H,12-13,16-18H2,1H3,(H,34,39)(H,35,40)/t19-,25-/m0/s1. The SMILES string of the molecule is C[C@H]1CN(c2ccc(Cl)cc2)CCN1C(=O)CNC(=O)[C@H](Cc1ccccn1)NC(=O)c1cc2cc(Cl)ccc2o1. The van der Waals surface area contributed by atoms with E-state index in [-0.39, 0.29) is 30.7 Å². The van der Waals surface area contributed by atoms with Crippen LogP contribution in [-0.2, 0) is 16.0 Å². The molecule has 0 radical (unpaired) electrons. The van der Waals surface area contributed by atoms with Crippen LogP contribution < -0.4 is 15.5 Å². The summed E-state index contributed by atoms with van der Waals surface area (Å²) >= 11 is 12.1. The van der Waals surface area contributed by atoms with Crippen LogP contribution in [0.15, 0.2) is 77.3 Å². The summed E-state index contributed by atoms with van der Waals surface area (Å²) in [5.74, 6) is -1.21. The number of nitrogens with zero attached hydrogens (tertiary/aromatic N) is 3. The van der Waals surface area contributed by atoms with Gasteiger partial charge < -0.3 is 24.9 Å². The molecular weight excluding hydrogens is 565 g/mol. The van der Waals surface area contributed by atoms with Crippen molar-refractivity contribution in [3.8, 4) is 0 Å². The number of carbonyl (C=O) groups excluding carboxylic acids is 3. The van der Waals surface area contributed by atoms with E-state index in [1.807, 2.05) is 31.2 Å². The molecule has 1 saturated heterocycles. The van der Waals surface area contributed by atoms with Crippen molar-refractivity contribution in [2.75, 3.05) is 31.1 Å². The maximum atomic E-state index is 13.3. The Hall–Kier alpha value is -4.08. The second-order valence-corrected chi connectivity index (χ2v) is 10.8. The number of piperazine rings is 1. The molecule has 5 rings (SSSR count). The highest BCUT2D eigenvalue weighted by molar-refractivity contribution is 6.31. The molecule has 4 aromatic rings. The van der Waals surface area contributed by atoms with E-state index in [1.54, 1.807) is 53.6 Å². The van der Waals surface area contributed by atoms with Crippen LogP contribution in [0.4, 0.5) is 5.69 Å². The Balaban J connectivity index is 1.22. The highest BCUT2D eigenvalue weighted by Crippen LogP contribution is 2.24. The Labute approximate surface area is 247 Å². The monoisotopic (exact) mass is 593 g/mol. The number of amides is 3. The Morgan fingerprint density at radius 2 is 1.80 bits per heavy atom. The second-order valence-electron chi connectivity index (χ2n) is 9.92. The second kappa shape index (κ2) is 12.6. The minimum Gasteiger partial charge on any atom is -0.451 e. The molecule has 1 aliphatic rings. The van der Waals surface area contributed by atoms with Crippen molar-refractivity contribution in [3.63, 3.8) is 0 Å². The first-order valence-electron chi connectivity index (χ1n) is 13.2. The third-order valence-corrected chi connectivity index (χ3v) is 7.50. The van der Waals surface area contributed by atoms with Crippen LogP contribution in [0.5, 0.6) is 0 Å². The van der Waals surface area contributed by atoms with Crippen molar-refractivity contribution in [1.82, 2.24) is 20.5 Å². The van der Waals surface area contributed by atoms with Crippen LogP contribution in [-0.4, -0.2) is 65.9 Å².